The van der Waals surface area contributed by atoms with E-state index in [0.29, 0.717) is 5.56 Å². The zero-order valence-electron chi connectivity index (χ0n) is 16.3. The van der Waals surface area contributed by atoms with Crippen LogP contribution >= 0.6 is 0 Å². The lowest BCUT2D eigenvalue weighted by Crippen LogP contribution is -2.27. The SMILES string of the molecule is NOc1ccccc1ONC(=O)c1ccc(CONC(=O)OCc2cccnc2)cc1. The molecule has 0 radical (unpaired) electrons. The van der Waals surface area contributed by atoms with Crippen LogP contribution in [-0.2, 0) is 22.8 Å². The van der Waals surface area contributed by atoms with Gasteiger partial charge in [-0.1, -0.05) is 30.3 Å². The minimum absolute atomic E-state index is 0.0802. The second-order valence-electron chi connectivity index (χ2n) is 6.12. The molecule has 1 heterocycles. The van der Waals surface area contributed by atoms with E-state index in [9.17, 15) is 9.59 Å². The first-order chi connectivity index (χ1) is 15.2. The Kier molecular flexibility index (Phi) is 7.75. The third-order valence-corrected chi connectivity index (χ3v) is 3.93. The van der Waals surface area contributed by atoms with E-state index in [0.717, 1.165) is 11.1 Å². The van der Waals surface area contributed by atoms with Gasteiger partial charge < -0.3 is 14.4 Å². The molecule has 0 unspecified atom stereocenters. The zero-order chi connectivity index (χ0) is 21.9. The fourth-order valence-corrected chi connectivity index (χ4v) is 2.38. The maximum atomic E-state index is 12.2. The molecule has 0 saturated carbocycles. The summed E-state index contributed by atoms with van der Waals surface area (Å²) in [6.07, 6.45) is 2.50. The van der Waals surface area contributed by atoms with Crippen molar-refractivity contribution in [2.45, 2.75) is 13.2 Å². The van der Waals surface area contributed by atoms with Gasteiger partial charge in [0.2, 0.25) is 0 Å². The number of nitrogens with one attached hydrogen (secondary N) is 2. The van der Waals surface area contributed by atoms with E-state index in [-0.39, 0.29) is 24.7 Å². The molecule has 2 amide bonds. The summed E-state index contributed by atoms with van der Waals surface area (Å²) in [5.41, 5.74) is 6.34. The number of nitrogens with two attached hydrogens (primary N) is 1. The second kappa shape index (κ2) is 11.1. The lowest BCUT2D eigenvalue weighted by molar-refractivity contribution is 0.0161. The van der Waals surface area contributed by atoms with Gasteiger partial charge in [0.05, 0.1) is 6.61 Å². The summed E-state index contributed by atoms with van der Waals surface area (Å²) < 4.78 is 5.00. The van der Waals surface area contributed by atoms with Crippen molar-refractivity contribution in [2.75, 3.05) is 0 Å². The minimum atomic E-state index is -0.723. The van der Waals surface area contributed by atoms with Gasteiger partial charge >= 0.3 is 6.09 Å². The number of benzene rings is 2. The Hall–Kier alpha value is -4.15. The van der Waals surface area contributed by atoms with E-state index in [1.165, 1.54) is 0 Å². The Morgan fingerprint density at radius 3 is 2.35 bits per heavy atom. The van der Waals surface area contributed by atoms with Crippen LogP contribution in [0.5, 0.6) is 11.5 Å². The molecule has 160 valence electrons. The number of amides is 2. The fourth-order valence-electron chi connectivity index (χ4n) is 2.38. The lowest BCUT2D eigenvalue weighted by atomic mass is 10.1. The normalized spacial score (nSPS) is 10.1. The van der Waals surface area contributed by atoms with Gasteiger partial charge in [0, 0.05) is 23.5 Å². The van der Waals surface area contributed by atoms with E-state index in [4.69, 9.17) is 20.3 Å². The summed E-state index contributed by atoms with van der Waals surface area (Å²) in [7, 11) is 0. The first-order valence-corrected chi connectivity index (χ1v) is 9.11. The highest BCUT2D eigenvalue weighted by molar-refractivity contribution is 5.93. The molecule has 0 saturated heterocycles. The van der Waals surface area contributed by atoms with Crippen LogP contribution in [0.1, 0.15) is 21.5 Å². The molecule has 1 aromatic heterocycles. The van der Waals surface area contributed by atoms with E-state index in [1.807, 2.05) is 0 Å². The van der Waals surface area contributed by atoms with Crippen LogP contribution in [0.3, 0.4) is 0 Å². The summed E-state index contributed by atoms with van der Waals surface area (Å²) in [6.45, 7) is 0.165. The smallest absolute Gasteiger partial charge is 0.431 e. The average Bonchev–Trinajstić information content (AvgIpc) is 2.82. The van der Waals surface area contributed by atoms with Crippen LogP contribution in [0, 0.1) is 0 Å². The standard InChI is InChI=1S/C21H20N4O6/c22-30-18-5-1-2-6-19(18)31-24-20(26)17-9-7-15(8-10-17)14-29-25-21(27)28-13-16-4-3-11-23-12-16/h1-12H,13-14,22H2,(H,24,26)(H,25,27). The summed E-state index contributed by atoms with van der Waals surface area (Å²) in [5.74, 6) is 5.23. The number of nitrogens with zero attached hydrogens (tertiary/aromatic N) is 1. The summed E-state index contributed by atoms with van der Waals surface area (Å²) in [4.78, 5) is 42.8. The average molecular weight is 424 g/mol. The number of pyridine rings is 1. The maximum Gasteiger partial charge on any atom is 0.431 e. The molecule has 4 N–H and O–H groups in total. The molecule has 31 heavy (non-hydrogen) atoms. The van der Waals surface area contributed by atoms with Gasteiger partial charge in [0.25, 0.3) is 5.91 Å². The van der Waals surface area contributed by atoms with Crippen molar-refractivity contribution in [1.82, 2.24) is 15.9 Å². The van der Waals surface area contributed by atoms with Crippen LogP contribution in [0.15, 0.2) is 73.1 Å². The first kappa shape index (κ1) is 21.6. The number of ether oxygens (including phenoxy) is 1. The second-order valence-corrected chi connectivity index (χ2v) is 6.12. The molecular formula is C21H20N4O6. The molecule has 3 rings (SSSR count). The number of rotatable bonds is 9. The largest absolute Gasteiger partial charge is 0.443 e. The topological polar surface area (TPSA) is 134 Å². The summed E-state index contributed by atoms with van der Waals surface area (Å²) >= 11 is 0. The zero-order valence-corrected chi connectivity index (χ0v) is 16.3. The molecular weight excluding hydrogens is 404 g/mol. The molecule has 0 atom stereocenters. The fraction of sp³-hybridized carbons (Fsp3) is 0.0952. The van der Waals surface area contributed by atoms with Crippen molar-refractivity contribution in [3.63, 3.8) is 0 Å². The van der Waals surface area contributed by atoms with E-state index < -0.39 is 12.0 Å². The number of aromatic nitrogens is 1. The number of carbonyl (C=O) groups is 2. The molecule has 0 bridgehead atoms. The van der Waals surface area contributed by atoms with Crippen LogP contribution in [0.25, 0.3) is 0 Å². The summed E-state index contributed by atoms with van der Waals surface area (Å²) in [6, 6.07) is 16.7. The molecule has 0 aliphatic heterocycles. The Morgan fingerprint density at radius 1 is 0.871 bits per heavy atom. The molecule has 0 fully saturated rings. The Labute approximate surface area is 177 Å². The Bertz CT molecular complexity index is 998. The van der Waals surface area contributed by atoms with Gasteiger partial charge in [-0.25, -0.2) is 4.79 Å². The quantitative estimate of drug-likeness (QED) is 0.446. The molecule has 0 spiro atoms. The van der Waals surface area contributed by atoms with Crippen molar-refractivity contribution < 1.29 is 28.8 Å². The van der Waals surface area contributed by atoms with Crippen molar-refractivity contribution in [1.29, 1.82) is 0 Å². The van der Waals surface area contributed by atoms with Crippen LogP contribution in [0.4, 0.5) is 4.79 Å². The van der Waals surface area contributed by atoms with Crippen molar-refractivity contribution in [3.8, 4) is 11.5 Å². The maximum absolute atomic E-state index is 12.2. The van der Waals surface area contributed by atoms with Crippen molar-refractivity contribution in [2.24, 2.45) is 5.90 Å². The van der Waals surface area contributed by atoms with E-state index in [1.54, 1.807) is 73.1 Å². The lowest BCUT2D eigenvalue weighted by Gasteiger charge is -2.10. The third kappa shape index (κ3) is 6.70. The molecule has 0 aliphatic rings. The van der Waals surface area contributed by atoms with Crippen molar-refractivity contribution >= 4 is 12.0 Å². The first-order valence-electron chi connectivity index (χ1n) is 9.11. The van der Waals surface area contributed by atoms with Gasteiger partial charge in [-0.05, 0) is 35.9 Å². The van der Waals surface area contributed by atoms with Crippen molar-refractivity contribution in [3.05, 3.63) is 89.7 Å². The number of hydrogen-bond donors (Lipinski definition) is 3. The van der Waals surface area contributed by atoms with Gasteiger partial charge in [0.15, 0.2) is 11.5 Å². The highest BCUT2D eigenvalue weighted by Crippen LogP contribution is 2.24. The van der Waals surface area contributed by atoms with E-state index in [2.05, 4.69) is 20.8 Å². The number of carbonyl (C=O) groups excluding carboxylic acids is 2. The molecule has 10 heteroatoms. The van der Waals surface area contributed by atoms with Gasteiger partial charge in [-0.2, -0.15) is 16.9 Å². The Balaban J connectivity index is 1.40. The predicted octanol–water partition coefficient (Wildman–Crippen LogP) is 2.42. The highest BCUT2D eigenvalue weighted by Gasteiger charge is 2.09. The Morgan fingerprint density at radius 2 is 1.65 bits per heavy atom. The highest BCUT2D eigenvalue weighted by atomic mass is 16.7. The number of hydroxylamine groups is 2. The van der Waals surface area contributed by atoms with E-state index >= 15 is 0 Å². The summed E-state index contributed by atoms with van der Waals surface area (Å²) in [5, 5.41) is 0. The van der Waals surface area contributed by atoms with Gasteiger partial charge in [-0.3, -0.25) is 14.6 Å². The number of para-hydroxylation sites is 2. The molecule has 2 aromatic carbocycles. The number of hydrogen-bond acceptors (Lipinski definition) is 8. The van der Waals surface area contributed by atoms with Crippen LogP contribution in [0.2, 0.25) is 0 Å². The predicted molar refractivity (Wildman–Crippen MR) is 108 cm³/mol. The van der Waals surface area contributed by atoms with Gasteiger partial charge in [-0.15, -0.1) is 0 Å². The third-order valence-electron chi connectivity index (χ3n) is 3.93. The van der Waals surface area contributed by atoms with Crippen LogP contribution < -0.4 is 26.5 Å². The van der Waals surface area contributed by atoms with Gasteiger partial charge in [0.1, 0.15) is 6.61 Å². The molecule has 3 aromatic rings. The monoisotopic (exact) mass is 424 g/mol. The molecule has 10 nitrogen and oxygen atoms in total. The van der Waals surface area contributed by atoms with Crippen LogP contribution in [-0.4, -0.2) is 17.0 Å². The minimum Gasteiger partial charge on any atom is -0.443 e. The molecule has 0 aliphatic carbocycles.